The number of hydrogen-bond acceptors (Lipinski definition) is 5. The highest BCUT2D eigenvalue weighted by atomic mass is 32.1. The molecule has 2 aromatic heterocycles. The Labute approximate surface area is 177 Å². The molecule has 10 heteroatoms. The lowest BCUT2D eigenvalue weighted by Gasteiger charge is -2.41. The second-order valence-corrected chi connectivity index (χ2v) is 9.61. The van der Waals surface area contributed by atoms with E-state index in [1.807, 2.05) is 18.7 Å². The van der Waals surface area contributed by atoms with Gasteiger partial charge in [-0.2, -0.15) is 18.3 Å². The Bertz CT molecular complexity index is 938. The van der Waals surface area contributed by atoms with E-state index in [9.17, 15) is 18.0 Å². The van der Waals surface area contributed by atoms with Gasteiger partial charge in [-0.3, -0.25) is 4.79 Å². The third-order valence-corrected chi connectivity index (χ3v) is 7.11. The van der Waals surface area contributed by atoms with E-state index in [0.717, 1.165) is 33.1 Å². The Balaban J connectivity index is 1.48. The molecule has 30 heavy (non-hydrogen) atoms. The van der Waals surface area contributed by atoms with Crippen LogP contribution in [-0.2, 0) is 11.2 Å². The van der Waals surface area contributed by atoms with Gasteiger partial charge in [0.25, 0.3) is 0 Å². The number of nitrogens with zero attached hydrogens (tertiary/aromatic N) is 4. The highest BCUT2D eigenvalue weighted by Crippen LogP contribution is 2.42. The molecular weight excluding hydrogens is 415 g/mol. The molecule has 6 nitrogen and oxygen atoms in total. The topological polar surface area (TPSA) is 63.1 Å². The number of aryl methyl sites for hydroxylation is 3. The van der Waals surface area contributed by atoms with Gasteiger partial charge < -0.3 is 10.2 Å². The summed E-state index contributed by atoms with van der Waals surface area (Å²) in [6.45, 7) is 6.64. The van der Waals surface area contributed by atoms with E-state index in [4.69, 9.17) is 0 Å². The van der Waals surface area contributed by atoms with Gasteiger partial charge in [-0.05, 0) is 46.0 Å². The molecule has 0 aromatic carbocycles. The van der Waals surface area contributed by atoms with Gasteiger partial charge in [0.2, 0.25) is 5.91 Å². The number of alkyl halides is 3. The first-order chi connectivity index (χ1) is 14.1. The second kappa shape index (κ2) is 7.86. The average molecular weight is 442 g/mol. The molecule has 4 rings (SSSR count). The van der Waals surface area contributed by atoms with Crippen LogP contribution in [0, 0.1) is 26.7 Å². The third kappa shape index (κ3) is 4.19. The number of nitrogens with one attached hydrogen (secondary N) is 1. The molecular formula is C20H26F3N5OS. The summed E-state index contributed by atoms with van der Waals surface area (Å²) in [5.41, 5.74) is 1.44. The SMILES string of the molecule is Cc1cc2n(n1)[C@@H](C(F)(F)F)C[C@@H](C1CCCN(C(=O)Cc3sc(C)nc3C)C1)N2. The summed E-state index contributed by atoms with van der Waals surface area (Å²) in [5, 5.41) is 8.24. The number of carbonyl (C=O) groups is 1. The van der Waals surface area contributed by atoms with Crippen LogP contribution < -0.4 is 5.32 Å². The zero-order valence-electron chi connectivity index (χ0n) is 17.3. The van der Waals surface area contributed by atoms with Crippen LogP contribution >= 0.6 is 11.3 Å². The molecule has 1 saturated heterocycles. The van der Waals surface area contributed by atoms with Gasteiger partial charge in [-0.25, -0.2) is 9.67 Å². The van der Waals surface area contributed by atoms with E-state index >= 15 is 0 Å². The standard InChI is InChI=1S/C20H26F3N5OS/c1-11-7-18-25-15(8-17(20(21,22)23)28(18)26-11)14-5-4-6-27(10-14)19(29)9-16-12(2)24-13(3)30-16/h7,14-15,17,25H,4-6,8-10H2,1-3H3/t14?,15-,17+/m0/s1. The number of thiazole rings is 1. The lowest BCUT2D eigenvalue weighted by Crippen LogP contribution is -2.49. The van der Waals surface area contributed by atoms with Crippen LogP contribution in [0.15, 0.2) is 6.07 Å². The van der Waals surface area contributed by atoms with Crippen LogP contribution in [0.2, 0.25) is 0 Å². The number of amides is 1. The van der Waals surface area contributed by atoms with Crippen LogP contribution in [0.1, 0.15) is 46.6 Å². The molecule has 0 spiro atoms. The van der Waals surface area contributed by atoms with E-state index in [1.165, 1.54) is 11.3 Å². The van der Waals surface area contributed by atoms with Gasteiger partial charge >= 0.3 is 6.18 Å². The molecule has 164 valence electrons. The van der Waals surface area contributed by atoms with Crippen LogP contribution in [-0.4, -0.2) is 50.9 Å². The third-order valence-electron chi connectivity index (χ3n) is 6.03. The van der Waals surface area contributed by atoms with Crippen molar-refractivity contribution in [2.75, 3.05) is 18.4 Å². The van der Waals surface area contributed by atoms with Gasteiger partial charge in [0.05, 0.1) is 22.8 Å². The van der Waals surface area contributed by atoms with Gasteiger partial charge in [0.15, 0.2) is 6.04 Å². The van der Waals surface area contributed by atoms with Crippen LogP contribution in [0.25, 0.3) is 0 Å². The smallest absolute Gasteiger partial charge is 0.367 e. The van der Waals surface area contributed by atoms with E-state index < -0.39 is 12.2 Å². The van der Waals surface area contributed by atoms with E-state index in [-0.39, 0.29) is 24.3 Å². The molecule has 2 aliphatic heterocycles. The first-order valence-electron chi connectivity index (χ1n) is 10.2. The number of fused-ring (bicyclic) bond motifs is 1. The summed E-state index contributed by atoms with van der Waals surface area (Å²) in [6, 6.07) is -0.324. The number of aromatic nitrogens is 3. The summed E-state index contributed by atoms with van der Waals surface area (Å²) in [7, 11) is 0. The molecule has 0 saturated carbocycles. The Morgan fingerprint density at radius 1 is 1.33 bits per heavy atom. The maximum atomic E-state index is 13.7. The summed E-state index contributed by atoms with van der Waals surface area (Å²) in [6.07, 6.45) is -2.53. The van der Waals surface area contributed by atoms with Gasteiger partial charge in [0, 0.05) is 30.1 Å². The largest absolute Gasteiger partial charge is 0.410 e. The fraction of sp³-hybridized carbons (Fsp3) is 0.650. The highest BCUT2D eigenvalue weighted by Gasteiger charge is 2.47. The minimum Gasteiger partial charge on any atom is -0.367 e. The maximum Gasteiger partial charge on any atom is 0.410 e. The fourth-order valence-corrected chi connectivity index (χ4v) is 5.51. The molecule has 1 N–H and O–H groups in total. The monoisotopic (exact) mass is 441 g/mol. The Hall–Kier alpha value is -2.10. The van der Waals surface area contributed by atoms with Crippen molar-refractivity contribution in [1.29, 1.82) is 0 Å². The van der Waals surface area contributed by atoms with Crippen molar-refractivity contribution < 1.29 is 18.0 Å². The molecule has 0 aliphatic carbocycles. The molecule has 1 fully saturated rings. The minimum atomic E-state index is -4.36. The lowest BCUT2D eigenvalue weighted by molar-refractivity contribution is -0.175. The predicted molar refractivity (Wildman–Crippen MR) is 109 cm³/mol. The Morgan fingerprint density at radius 2 is 2.10 bits per heavy atom. The summed E-state index contributed by atoms with van der Waals surface area (Å²) < 4.78 is 42.2. The quantitative estimate of drug-likeness (QED) is 0.781. The van der Waals surface area contributed by atoms with Crippen LogP contribution in [0.5, 0.6) is 0 Å². The predicted octanol–water partition coefficient (Wildman–Crippen LogP) is 4.03. The number of anilines is 1. The molecule has 0 radical (unpaired) electrons. The zero-order chi connectivity index (χ0) is 21.6. The van der Waals surface area contributed by atoms with Gasteiger partial charge in [0.1, 0.15) is 5.82 Å². The number of hydrogen-bond donors (Lipinski definition) is 1. The van der Waals surface area contributed by atoms with Gasteiger partial charge in [-0.1, -0.05) is 0 Å². The number of halogens is 3. The van der Waals surface area contributed by atoms with Crippen molar-refractivity contribution in [1.82, 2.24) is 19.7 Å². The minimum absolute atomic E-state index is 0.0236. The Morgan fingerprint density at radius 3 is 2.77 bits per heavy atom. The second-order valence-electron chi connectivity index (χ2n) is 8.32. The lowest BCUT2D eigenvalue weighted by atomic mass is 9.85. The van der Waals surface area contributed by atoms with E-state index in [1.54, 1.807) is 13.0 Å². The first kappa shape index (κ1) is 21.1. The maximum absolute atomic E-state index is 13.7. The Kier molecular flexibility index (Phi) is 5.54. The average Bonchev–Trinajstić information content (AvgIpc) is 3.20. The number of rotatable bonds is 3. The van der Waals surface area contributed by atoms with Crippen LogP contribution in [0.4, 0.5) is 19.0 Å². The van der Waals surface area contributed by atoms with Crippen molar-refractivity contribution in [3.8, 4) is 0 Å². The number of likely N-dealkylation sites (tertiary alicyclic amines) is 1. The molecule has 1 unspecified atom stereocenters. The number of carbonyl (C=O) groups excluding carboxylic acids is 1. The fourth-order valence-electron chi connectivity index (χ4n) is 4.59. The first-order valence-corrected chi connectivity index (χ1v) is 11.0. The van der Waals surface area contributed by atoms with Crippen molar-refractivity contribution >= 4 is 23.1 Å². The van der Waals surface area contributed by atoms with E-state index in [2.05, 4.69) is 15.4 Å². The summed E-state index contributed by atoms with van der Waals surface area (Å²) in [4.78, 5) is 20.0. The molecule has 4 heterocycles. The van der Waals surface area contributed by atoms with Crippen molar-refractivity contribution in [2.24, 2.45) is 5.92 Å². The highest BCUT2D eigenvalue weighted by molar-refractivity contribution is 7.11. The molecule has 1 amide bonds. The van der Waals surface area contributed by atoms with Crippen molar-refractivity contribution in [2.45, 2.75) is 64.7 Å². The summed E-state index contributed by atoms with van der Waals surface area (Å²) in [5.74, 6) is 0.404. The molecule has 3 atom stereocenters. The summed E-state index contributed by atoms with van der Waals surface area (Å²) >= 11 is 1.53. The zero-order valence-corrected chi connectivity index (χ0v) is 18.1. The normalized spacial score (nSPS) is 24.5. The van der Waals surface area contributed by atoms with E-state index in [0.29, 0.717) is 31.0 Å². The molecule has 2 aromatic rings. The number of piperidine rings is 1. The molecule has 0 bridgehead atoms. The van der Waals surface area contributed by atoms with Gasteiger partial charge in [-0.15, -0.1) is 11.3 Å². The van der Waals surface area contributed by atoms with Crippen LogP contribution in [0.3, 0.4) is 0 Å². The molecule has 2 aliphatic rings. The van der Waals surface area contributed by atoms with Crippen molar-refractivity contribution in [3.05, 3.63) is 27.3 Å². The van der Waals surface area contributed by atoms with Crippen molar-refractivity contribution in [3.63, 3.8) is 0 Å².